The number of hydrogen-bond acceptors (Lipinski definition) is 6. The topological polar surface area (TPSA) is 82.6 Å². The van der Waals surface area contributed by atoms with Crippen LogP contribution in [-0.4, -0.2) is 55.7 Å². The maximum absolute atomic E-state index is 14.5. The first kappa shape index (κ1) is 23.1. The number of likely N-dealkylation sites (tertiary alicyclic amines) is 1. The Morgan fingerprint density at radius 1 is 1.03 bits per heavy atom. The Morgan fingerprint density at radius 3 is 2.42 bits per heavy atom. The van der Waals surface area contributed by atoms with Gasteiger partial charge in [-0.25, -0.2) is 9.97 Å². The molecule has 3 aromatic rings. The number of hydrogen-bond donors (Lipinski definition) is 2. The molecule has 3 aromatic heterocycles. The van der Waals surface area contributed by atoms with Crippen molar-refractivity contribution in [2.45, 2.75) is 31.0 Å². The first-order valence-corrected chi connectivity index (χ1v) is 9.27. The molecule has 7 nitrogen and oxygen atoms in total. The first-order valence-electron chi connectivity index (χ1n) is 9.27. The number of alkyl halides is 5. The van der Waals surface area contributed by atoms with Crippen molar-refractivity contribution in [3.05, 3.63) is 42.1 Å². The Hall–Kier alpha value is -2.60. The molecular weight excluding hydrogens is 445 g/mol. The van der Waals surface area contributed by atoms with Crippen molar-refractivity contribution in [1.29, 1.82) is 0 Å². The van der Waals surface area contributed by atoms with E-state index in [4.69, 9.17) is 0 Å². The highest BCUT2D eigenvalue weighted by Crippen LogP contribution is 2.32. The van der Waals surface area contributed by atoms with Crippen LogP contribution in [0.2, 0.25) is 0 Å². The fraction of sp³-hybridized carbons (Fsp3) is 0.444. The summed E-state index contributed by atoms with van der Waals surface area (Å²) < 4.78 is 66.8. The van der Waals surface area contributed by atoms with Crippen LogP contribution in [0.4, 0.5) is 27.8 Å². The first-order chi connectivity index (χ1) is 14.2. The van der Waals surface area contributed by atoms with Gasteiger partial charge in [-0.05, 0) is 25.0 Å². The minimum absolute atomic E-state index is 0. The molecule has 0 spiro atoms. The van der Waals surface area contributed by atoms with Gasteiger partial charge in [0.25, 0.3) is 0 Å². The molecular formula is C18H19ClF5N7. The van der Waals surface area contributed by atoms with Crippen molar-refractivity contribution in [2.24, 2.45) is 0 Å². The molecule has 1 fully saturated rings. The van der Waals surface area contributed by atoms with Gasteiger partial charge in [0, 0.05) is 25.3 Å². The Kier molecular flexibility index (Phi) is 6.60. The normalized spacial score (nSPS) is 16.3. The third-order valence-corrected chi connectivity index (χ3v) is 5.06. The molecule has 0 bridgehead atoms. The van der Waals surface area contributed by atoms with E-state index in [-0.39, 0.29) is 18.4 Å². The van der Waals surface area contributed by atoms with E-state index in [1.165, 1.54) is 6.33 Å². The highest BCUT2D eigenvalue weighted by atomic mass is 35.5. The molecule has 2 N–H and O–H groups in total. The predicted octanol–water partition coefficient (Wildman–Crippen LogP) is 3.86. The number of piperidine rings is 1. The second-order valence-corrected chi connectivity index (χ2v) is 7.18. The summed E-state index contributed by atoms with van der Waals surface area (Å²) in [7, 11) is 0. The van der Waals surface area contributed by atoms with Crippen molar-refractivity contribution in [3.8, 4) is 0 Å². The fourth-order valence-corrected chi connectivity index (χ4v) is 3.45. The minimum Gasteiger partial charge on any atom is -0.367 e. The molecule has 4 rings (SSSR count). The molecule has 31 heavy (non-hydrogen) atoms. The smallest absolute Gasteiger partial charge is 0.367 e. The van der Waals surface area contributed by atoms with E-state index in [9.17, 15) is 22.0 Å². The Morgan fingerprint density at radius 2 is 1.77 bits per heavy atom. The van der Waals surface area contributed by atoms with Gasteiger partial charge in [-0.2, -0.15) is 27.1 Å². The van der Waals surface area contributed by atoms with Crippen LogP contribution in [0.15, 0.2) is 30.9 Å². The van der Waals surface area contributed by atoms with Crippen molar-refractivity contribution in [1.82, 2.24) is 30.0 Å². The highest BCUT2D eigenvalue weighted by molar-refractivity contribution is 5.85. The molecule has 0 unspecified atom stereocenters. The fourth-order valence-electron chi connectivity index (χ4n) is 3.45. The highest BCUT2D eigenvalue weighted by Gasteiger charge is 2.38. The molecule has 168 valence electrons. The van der Waals surface area contributed by atoms with Crippen LogP contribution in [0, 0.1) is 0 Å². The molecule has 0 aliphatic carbocycles. The van der Waals surface area contributed by atoms with Crippen LogP contribution in [-0.2, 0) is 12.1 Å². The quantitative estimate of drug-likeness (QED) is 0.559. The number of pyridine rings is 1. The second-order valence-electron chi connectivity index (χ2n) is 7.18. The second kappa shape index (κ2) is 8.87. The Bertz CT molecular complexity index is 1000. The predicted molar refractivity (Wildman–Crippen MR) is 105 cm³/mol. The van der Waals surface area contributed by atoms with Crippen LogP contribution in [0.5, 0.6) is 0 Å². The number of aromatic nitrogens is 5. The number of aromatic amines is 1. The number of nitrogens with zero attached hydrogens (tertiary/aromatic N) is 5. The summed E-state index contributed by atoms with van der Waals surface area (Å²) in [5.74, 6) is -2.72. The molecule has 0 aromatic carbocycles. The number of anilines is 1. The monoisotopic (exact) mass is 463 g/mol. The third kappa shape index (κ3) is 5.18. The molecule has 0 radical (unpaired) electrons. The van der Waals surface area contributed by atoms with Crippen LogP contribution in [0.1, 0.15) is 24.1 Å². The van der Waals surface area contributed by atoms with E-state index in [1.807, 2.05) is 0 Å². The molecule has 1 aliphatic rings. The minimum atomic E-state index is -4.61. The summed E-state index contributed by atoms with van der Waals surface area (Å²) in [4.78, 5) is 13.2. The third-order valence-electron chi connectivity index (χ3n) is 5.06. The summed E-state index contributed by atoms with van der Waals surface area (Å²) in [6, 6.07) is 1.42. The number of fused-ring (bicyclic) bond motifs is 1. The van der Waals surface area contributed by atoms with E-state index >= 15 is 0 Å². The van der Waals surface area contributed by atoms with Gasteiger partial charge in [-0.15, -0.1) is 12.4 Å². The molecule has 0 saturated carbocycles. The largest absolute Gasteiger partial charge is 0.417 e. The van der Waals surface area contributed by atoms with E-state index in [0.717, 1.165) is 11.5 Å². The number of nitrogens with one attached hydrogen (secondary N) is 2. The van der Waals surface area contributed by atoms with E-state index in [0.29, 0.717) is 49.7 Å². The Labute approximate surface area is 179 Å². The molecule has 1 saturated heterocycles. The van der Waals surface area contributed by atoms with Crippen molar-refractivity contribution >= 4 is 29.3 Å². The molecule has 1 aliphatic heterocycles. The maximum Gasteiger partial charge on any atom is 0.417 e. The standard InChI is InChI=1S/C18H18F5N7.ClH/c19-17(20,14-2-1-11(7-24-14)18(21,22)23)9-30-5-3-12(4-6-30)28-15-13-8-27-29-16(13)26-10-25-15;/h1-2,7-8,10,12H,3-6,9H2,(H2,25,26,27,28,29);1H. The summed E-state index contributed by atoms with van der Waals surface area (Å²) >= 11 is 0. The molecule has 13 heteroatoms. The van der Waals surface area contributed by atoms with E-state index in [2.05, 4.69) is 30.5 Å². The van der Waals surface area contributed by atoms with Gasteiger partial charge in [0.15, 0.2) is 5.65 Å². The maximum atomic E-state index is 14.5. The lowest BCUT2D eigenvalue weighted by molar-refractivity contribution is -0.138. The van der Waals surface area contributed by atoms with Gasteiger partial charge >= 0.3 is 12.1 Å². The van der Waals surface area contributed by atoms with Crippen LogP contribution in [0.3, 0.4) is 0 Å². The number of H-pyrrole nitrogens is 1. The molecule has 4 heterocycles. The average molecular weight is 464 g/mol. The van der Waals surface area contributed by atoms with E-state index in [1.54, 1.807) is 11.1 Å². The van der Waals surface area contributed by atoms with Gasteiger partial charge in [0.1, 0.15) is 17.8 Å². The zero-order valence-corrected chi connectivity index (χ0v) is 16.9. The van der Waals surface area contributed by atoms with Gasteiger partial charge in [0.2, 0.25) is 0 Å². The van der Waals surface area contributed by atoms with Gasteiger partial charge in [0.05, 0.1) is 23.7 Å². The van der Waals surface area contributed by atoms with Crippen molar-refractivity contribution in [3.63, 3.8) is 0 Å². The summed E-state index contributed by atoms with van der Waals surface area (Å²) in [5, 5.41) is 10.7. The Balaban J connectivity index is 0.00000272. The van der Waals surface area contributed by atoms with Crippen molar-refractivity contribution in [2.75, 3.05) is 25.0 Å². The lowest BCUT2D eigenvalue weighted by Gasteiger charge is -2.34. The SMILES string of the molecule is Cl.FC(F)(F)c1ccc(C(F)(F)CN2CCC(Nc3ncnc4[nH]ncc34)CC2)nc1. The zero-order valence-electron chi connectivity index (χ0n) is 16.0. The summed E-state index contributed by atoms with van der Waals surface area (Å²) in [6.07, 6.45) is 0.0822. The number of halogens is 6. The average Bonchev–Trinajstić information content (AvgIpc) is 3.19. The van der Waals surface area contributed by atoms with Gasteiger partial charge in [-0.1, -0.05) is 0 Å². The van der Waals surface area contributed by atoms with Gasteiger partial charge < -0.3 is 5.32 Å². The summed E-state index contributed by atoms with van der Waals surface area (Å²) in [5.41, 5.74) is -1.11. The van der Waals surface area contributed by atoms with Crippen molar-refractivity contribution < 1.29 is 22.0 Å². The van der Waals surface area contributed by atoms with E-state index < -0.39 is 29.9 Å². The lowest BCUT2D eigenvalue weighted by Crippen LogP contribution is -2.44. The zero-order chi connectivity index (χ0) is 21.4. The van der Waals surface area contributed by atoms with Crippen LogP contribution < -0.4 is 5.32 Å². The van der Waals surface area contributed by atoms with Crippen LogP contribution >= 0.6 is 12.4 Å². The molecule has 0 amide bonds. The summed E-state index contributed by atoms with van der Waals surface area (Å²) in [6.45, 7) is 0.221. The van der Waals surface area contributed by atoms with Crippen LogP contribution in [0.25, 0.3) is 11.0 Å². The van der Waals surface area contributed by atoms with Gasteiger partial charge in [-0.3, -0.25) is 15.0 Å². The number of rotatable bonds is 5. The molecule has 0 atom stereocenters. The lowest BCUT2D eigenvalue weighted by atomic mass is 10.0.